The Labute approximate surface area is 117 Å². The zero-order chi connectivity index (χ0) is 15.6. The van der Waals surface area contributed by atoms with Gasteiger partial charge < -0.3 is 5.11 Å². The summed E-state index contributed by atoms with van der Waals surface area (Å²) in [5.74, 6) is -2.33. The summed E-state index contributed by atoms with van der Waals surface area (Å²) in [7, 11) is 0. The van der Waals surface area contributed by atoms with Crippen LogP contribution in [0.5, 0.6) is 0 Å². The monoisotopic (exact) mass is 289 g/mol. The number of rotatable bonds is 4. The number of nitro benzene ring substituents is 1. The lowest BCUT2D eigenvalue weighted by atomic mass is 10.0. The summed E-state index contributed by atoms with van der Waals surface area (Å²) in [6.07, 6.45) is 0.356. The van der Waals surface area contributed by atoms with Gasteiger partial charge in [-0.25, -0.2) is 9.18 Å². The van der Waals surface area contributed by atoms with E-state index in [4.69, 9.17) is 5.11 Å². The highest BCUT2D eigenvalue weighted by Gasteiger charge is 2.16. The molecule has 21 heavy (non-hydrogen) atoms. The molecule has 0 aromatic heterocycles. The maximum Gasteiger partial charge on any atom is 0.338 e. The molecule has 0 atom stereocenters. The highest BCUT2D eigenvalue weighted by molar-refractivity contribution is 5.90. The molecule has 0 aliphatic rings. The average molecular weight is 289 g/mol. The zero-order valence-corrected chi connectivity index (χ0v) is 10.4. The van der Waals surface area contributed by atoms with Crippen LogP contribution in [0, 0.1) is 15.9 Å². The molecule has 0 unspecified atom stereocenters. The lowest BCUT2D eigenvalue weighted by Gasteiger charge is -2.05. The Balaban J connectivity index is 2.59. The standard InChI is InChI=1S/C14H8FNO5/c15-12-4-3-8(5-11(12)14(18)19)9-1-2-10(7-17)13(6-9)16(20)21/h1-7H,(H,18,19). The van der Waals surface area contributed by atoms with Crippen molar-refractivity contribution in [3.8, 4) is 11.1 Å². The molecule has 0 aliphatic heterocycles. The molecule has 7 heteroatoms. The van der Waals surface area contributed by atoms with Gasteiger partial charge in [-0.3, -0.25) is 14.9 Å². The second-order valence-electron chi connectivity index (χ2n) is 4.15. The lowest BCUT2D eigenvalue weighted by molar-refractivity contribution is -0.385. The van der Waals surface area contributed by atoms with Crippen LogP contribution < -0.4 is 0 Å². The van der Waals surface area contributed by atoms with Gasteiger partial charge in [-0.1, -0.05) is 12.1 Å². The van der Waals surface area contributed by atoms with E-state index in [2.05, 4.69) is 0 Å². The van der Waals surface area contributed by atoms with E-state index in [0.717, 1.165) is 18.2 Å². The van der Waals surface area contributed by atoms with Crippen molar-refractivity contribution >= 4 is 17.9 Å². The van der Waals surface area contributed by atoms with Gasteiger partial charge in [-0.15, -0.1) is 0 Å². The molecular weight excluding hydrogens is 281 g/mol. The van der Waals surface area contributed by atoms with E-state index in [1.165, 1.54) is 18.2 Å². The third-order valence-electron chi connectivity index (χ3n) is 2.88. The number of aromatic carboxylic acids is 1. The number of halogens is 1. The van der Waals surface area contributed by atoms with E-state index in [0.29, 0.717) is 17.4 Å². The molecule has 0 saturated carbocycles. The first-order chi connectivity index (χ1) is 9.93. The number of nitro groups is 1. The number of hydrogen-bond donors (Lipinski definition) is 1. The van der Waals surface area contributed by atoms with Gasteiger partial charge in [0, 0.05) is 6.07 Å². The largest absolute Gasteiger partial charge is 0.478 e. The van der Waals surface area contributed by atoms with Crippen molar-refractivity contribution in [2.24, 2.45) is 0 Å². The van der Waals surface area contributed by atoms with Crippen molar-refractivity contribution < 1.29 is 24.0 Å². The number of carboxylic acid groups (broad SMARTS) is 1. The van der Waals surface area contributed by atoms with Crippen LogP contribution in [0.2, 0.25) is 0 Å². The van der Waals surface area contributed by atoms with Crippen molar-refractivity contribution in [2.45, 2.75) is 0 Å². The fourth-order valence-electron chi connectivity index (χ4n) is 1.85. The normalized spacial score (nSPS) is 10.1. The van der Waals surface area contributed by atoms with Crippen molar-refractivity contribution in [1.29, 1.82) is 0 Å². The van der Waals surface area contributed by atoms with Crippen LogP contribution >= 0.6 is 0 Å². The summed E-state index contributed by atoms with van der Waals surface area (Å²) < 4.78 is 13.3. The summed E-state index contributed by atoms with van der Waals surface area (Å²) in [6.45, 7) is 0. The predicted molar refractivity (Wildman–Crippen MR) is 70.8 cm³/mol. The van der Waals surface area contributed by atoms with E-state index >= 15 is 0 Å². The molecule has 0 saturated heterocycles. The molecule has 0 aliphatic carbocycles. The van der Waals surface area contributed by atoms with Crippen LogP contribution in [-0.2, 0) is 0 Å². The molecule has 0 spiro atoms. The number of carboxylic acids is 1. The minimum atomic E-state index is -1.44. The third kappa shape index (κ3) is 2.76. The molecule has 0 amide bonds. The Kier molecular flexibility index (Phi) is 3.75. The number of hydrogen-bond acceptors (Lipinski definition) is 4. The van der Waals surface area contributed by atoms with Gasteiger partial charge in [-0.2, -0.15) is 0 Å². The Bertz CT molecular complexity index is 757. The number of carbonyl (C=O) groups is 2. The van der Waals surface area contributed by atoms with Crippen LogP contribution in [0.1, 0.15) is 20.7 Å². The molecule has 0 fully saturated rings. The maximum absolute atomic E-state index is 13.3. The van der Waals surface area contributed by atoms with Gasteiger partial charge in [0.15, 0.2) is 6.29 Å². The lowest BCUT2D eigenvalue weighted by Crippen LogP contribution is -2.01. The minimum Gasteiger partial charge on any atom is -0.478 e. The topological polar surface area (TPSA) is 97.5 Å². The quantitative estimate of drug-likeness (QED) is 0.530. The molecule has 0 radical (unpaired) electrons. The summed E-state index contributed by atoms with van der Waals surface area (Å²) in [6, 6.07) is 7.18. The highest BCUT2D eigenvalue weighted by atomic mass is 19.1. The first kappa shape index (κ1) is 14.3. The molecule has 0 bridgehead atoms. The van der Waals surface area contributed by atoms with Crippen LogP contribution in [0.15, 0.2) is 36.4 Å². The zero-order valence-electron chi connectivity index (χ0n) is 10.4. The average Bonchev–Trinajstić information content (AvgIpc) is 2.46. The van der Waals surface area contributed by atoms with Crippen LogP contribution in [0.25, 0.3) is 11.1 Å². The summed E-state index contributed by atoms with van der Waals surface area (Å²) >= 11 is 0. The molecule has 1 N–H and O–H groups in total. The number of aldehydes is 1. The predicted octanol–water partition coefficient (Wildman–Crippen LogP) is 2.91. The van der Waals surface area contributed by atoms with Crippen LogP contribution in [-0.4, -0.2) is 22.3 Å². The first-order valence-electron chi connectivity index (χ1n) is 5.71. The Hall–Kier alpha value is -3.09. The Morgan fingerprint density at radius 2 is 1.81 bits per heavy atom. The second-order valence-corrected chi connectivity index (χ2v) is 4.15. The van der Waals surface area contributed by atoms with Crippen molar-refractivity contribution in [2.75, 3.05) is 0 Å². The summed E-state index contributed by atoms with van der Waals surface area (Å²) in [4.78, 5) is 31.8. The molecule has 2 aromatic carbocycles. The first-order valence-corrected chi connectivity index (χ1v) is 5.71. The number of nitrogens with zero attached hydrogens (tertiary/aromatic N) is 1. The maximum atomic E-state index is 13.3. The van der Waals surface area contributed by atoms with E-state index < -0.39 is 28.0 Å². The molecule has 2 aromatic rings. The van der Waals surface area contributed by atoms with Gasteiger partial charge in [0.1, 0.15) is 5.82 Å². The highest BCUT2D eigenvalue weighted by Crippen LogP contribution is 2.27. The van der Waals surface area contributed by atoms with Gasteiger partial charge in [0.2, 0.25) is 0 Å². The third-order valence-corrected chi connectivity index (χ3v) is 2.88. The SMILES string of the molecule is O=Cc1ccc(-c2ccc(F)c(C(=O)O)c2)cc1[N+](=O)[O-]. The molecule has 6 nitrogen and oxygen atoms in total. The van der Waals surface area contributed by atoms with Crippen LogP contribution in [0.4, 0.5) is 10.1 Å². The summed E-state index contributed by atoms with van der Waals surface area (Å²) in [5, 5.41) is 19.8. The van der Waals surface area contributed by atoms with Gasteiger partial charge >= 0.3 is 5.97 Å². The van der Waals surface area contributed by atoms with E-state index in [1.54, 1.807) is 0 Å². The number of benzene rings is 2. The Morgan fingerprint density at radius 1 is 1.19 bits per heavy atom. The fraction of sp³-hybridized carbons (Fsp3) is 0. The van der Waals surface area contributed by atoms with E-state index in [1.807, 2.05) is 0 Å². The molecule has 106 valence electrons. The minimum absolute atomic E-state index is 0.0932. The molecular formula is C14H8FNO5. The van der Waals surface area contributed by atoms with E-state index in [-0.39, 0.29) is 5.56 Å². The van der Waals surface area contributed by atoms with Gasteiger partial charge in [0.05, 0.1) is 16.1 Å². The van der Waals surface area contributed by atoms with Gasteiger partial charge in [0.25, 0.3) is 5.69 Å². The smallest absolute Gasteiger partial charge is 0.338 e. The fourth-order valence-corrected chi connectivity index (χ4v) is 1.85. The molecule has 0 heterocycles. The Morgan fingerprint density at radius 3 is 2.38 bits per heavy atom. The summed E-state index contributed by atoms with van der Waals surface area (Å²) in [5.41, 5.74) is -0.410. The van der Waals surface area contributed by atoms with Crippen molar-refractivity contribution in [3.63, 3.8) is 0 Å². The van der Waals surface area contributed by atoms with Crippen molar-refractivity contribution in [3.05, 3.63) is 63.5 Å². The molecule has 2 rings (SSSR count). The van der Waals surface area contributed by atoms with E-state index in [9.17, 15) is 24.1 Å². The van der Waals surface area contributed by atoms with Gasteiger partial charge in [-0.05, 0) is 29.3 Å². The van der Waals surface area contributed by atoms with Crippen LogP contribution in [0.3, 0.4) is 0 Å². The number of carbonyl (C=O) groups excluding carboxylic acids is 1. The van der Waals surface area contributed by atoms with Crippen molar-refractivity contribution in [1.82, 2.24) is 0 Å². The second kappa shape index (κ2) is 5.49.